The number of methoxy groups -OCH3 is 1. The first-order chi connectivity index (χ1) is 37.5. The minimum atomic E-state index is -1.20. The Bertz CT molecular complexity index is 3370. The quantitative estimate of drug-likeness (QED) is 0.0656. The monoisotopic (exact) mass is 1080 g/mol. The van der Waals surface area contributed by atoms with Crippen molar-refractivity contribution in [2.75, 3.05) is 60.4 Å². The number of benzene rings is 4. The lowest BCUT2D eigenvalue weighted by molar-refractivity contribution is -0.142. The number of likely N-dealkylation sites (tertiary alicyclic amines) is 1. The number of aryl methyl sites for hydroxylation is 1. The molecule has 404 valence electrons. The van der Waals surface area contributed by atoms with Crippen molar-refractivity contribution in [2.45, 2.75) is 71.7 Å². The van der Waals surface area contributed by atoms with E-state index in [0.717, 1.165) is 27.4 Å². The van der Waals surface area contributed by atoms with Crippen molar-refractivity contribution < 1.29 is 42.9 Å². The summed E-state index contributed by atoms with van der Waals surface area (Å²) in [7, 11) is 1.60. The first-order valence-electron chi connectivity index (χ1n) is 25.6. The lowest BCUT2D eigenvalue weighted by Gasteiger charge is -2.37. The highest BCUT2D eigenvalue weighted by Crippen LogP contribution is 2.48. The number of β-amino-alcohol motifs (C(OH)–C–C–N with tert-alkyl or cyclic N) is 1. The van der Waals surface area contributed by atoms with E-state index >= 15 is 0 Å². The van der Waals surface area contributed by atoms with Gasteiger partial charge < -0.3 is 45.6 Å². The maximum Gasteiger partial charge on any atom is 0.274 e. The molecule has 1 aliphatic carbocycles. The summed E-state index contributed by atoms with van der Waals surface area (Å²) >= 11 is 1.56. The number of pyridine rings is 1. The molecule has 22 heteroatoms. The second-order valence-electron chi connectivity index (χ2n) is 20.8. The maximum absolute atomic E-state index is 14.3. The summed E-state index contributed by atoms with van der Waals surface area (Å²) in [6, 6.07) is 23.6. The minimum Gasteiger partial charge on any atom is -0.495 e. The van der Waals surface area contributed by atoms with Crippen LogP contribution in [0.15, 0.2) is 109 Å². The Morgan fingerprint density at radius 3 is 2.18 bits per heavy atom. The molecule has 3 atom stereocenters. The summed E-state index contributed by atoms with van der Waals surface area (Å²) in [5.41, 5.74) is 5.07. The zero-order valence-electron chi connectivity index (χ0n) is 43.7. The predicted octanol–water partition coefficient (Wildman–Crippen LogP) is 6.44. The minimum absolute atomic E-state index is 0.00279. The first-order valence-corrected chi connectivity index (χ1v) is 26.5. The number of carbonyl (C=O) groups excluding carboxylic acids is 5. The molecule has 78 heavy (non-hydrogen) atoms. The van der Waals surface area contributed by atoms with Crippen LogP contribution in [0.1, 0.15) is 61.8 Å². The number of hydrogen-bond acceptors (Lipinski definition) is 15. The molecule has 10 rings (SSSR count). The van der Waals surface area contributed by atoms with Gasteiger partial charge >= 0.3 is 0 Å². The number of rotatable bonds is 16. The Morgan fingerprint density at radius 2 is 1.55 bits per heavy atom. The van der Waals surface area contributed by atoms with Crippen molar-refractivity contribution in [2.24, 2.45) is 10.8 Å². The molecular weight excluding hydrogens is 1020 g/mol. The summed E-state index contributed by atoms with van der Waals surface area (Å²) in [5, 5.41) is 33.2. The molecule has 5 amide bonds. The molecule has 7 aromatic rings. The Labute approximate surface area is 452 Å². The van der Waals surface area contributed by atoms with Crippen LogP contribution in [-0.4, -0.2) is 123 Å². The van der Waals surface area contributed by atoms with E-state index < -0.39 is 64.4 Å². The fourth-order valence-corrected chi connectivity index (χ4v) is 10.5. The predicted molar refractivity (Wildman–Crippen MR) is 291 cm³/mol. The third-order valence-corrected chi connectivity index (χ3v) is 15.3. The molecule has 0 bridgehead atoms. The van der Waals surface area contributed by atoms with Crippen LogP contribution in [0.3, 0.4) is 0 Å². The largest absolute Gasteiger partial charge is 0.495 e. The summed E-state index contributed by atoms with van der Waals surface area (Å²) in [5.74, 6) is -1.16. The number of aromatic nitrogens is 5. The lowest BCUT2D eigenvalue weighted by atomic mass is 9.85. The van der Waals surface area contributed by atoms with Crippen LogP contribution in [0.4, 0.5) is 21.5 Å². The van der Waals surface area contributed by atoms with Gasteiger partial charge in [-0.15, -0.1) is 16.4 Å². The SMILES string of the molecule is COc1cc2c(Oc3ccc(NC(=O)C4(C(=O)Nc5ccc(F)cc5)CC4)cc3)ccnc2cc1N1CCN(n2cc(C(=O)N[C@H](C(=O)N3C[C@H](O)C[C@H]3C(=O)NCc3ccc(-c4scnc4C)cc3)C(C)(C)C)nn2)CC1. The van der Waals surface area contributed by atoms with E-state index in [0.29, 0.717) is 78.5 Å². The van der Waals surface area contributed by atoms with Crippen LogP contribution in [0.25, 0.3) is 21.3 Å². The van der Waals surface area contributed by atoms with Crippen LogP contribution in [-0.2, 0) is 25.7 Å². The molecule has 4 aromatic carbocycles. The third-order valence-electron chi connectivity index (χ3n) is 14.3. The van der Waals surface area contributed by atoms with Crippen molar-refractivity contribution >= 4 is 68.8 Å². The summed E-state index contributed by atoms with van der Waals surface area (Å²) in [6.45, 7) is 9.71. The van der Waals surface area contributed by atoms with Crippen LogP contribution in [0, 0.1) is 23.6 Å². The highest BCUT2D eigenvalue weighted by molar-refractivity contribution is 7.13. The number of anilines is 3. The van der Waals surface area contributed by atoms with E-state index in [9.17, 15) is 33.5 Å². The molecule has 0 spiro atoms. The Hall–Kier alpha value is -8.50. The summed E-state index contributed by atoms with van der Waals surface area (Å²) in [6.07, 6.45) is 3.12. The van der Waals surface area contributed by atoms with Gasteiger partial charge in [-0.1, -0.05) is 45.0 Å². The van der Waals surface area contributed by atoms with Crippen molar-refractivity contribution in [1.82, 2.24) is 40.6 Å². The highest BCUT2D eigenvalue weighted by Gasteiger charge is 2.56. The number of aliphatic hydroxyl groups is 1. The number of thiazole rings is 1. The van der Waals surface area contributed by atoms with Gasteiger partial charge in [0.05, 0.1) is 59.8 Å². The molecule has 20 nitrogen and oxygen atoms in total. The van der Waals surface area contributed by atoms with Gasteiger partial charge in [-0.3, -0.25) is 34.0 Å². The molecule has 5 heterocycles. The molecule has 3 fully saturated rings. The Kier molecular flexibility index (Phi) is 14.8. The van der Waals surface area contributed by atoms with Crippen molar-refractivity contribution in [3.63, 3.8) is 0 Å². The number of fused-ring (bicyclic) bond motifs is 1. The van der Waals surface area contributed by atoms with E-state index in [2.05, 4.69) is 46.4 Å². The van der Waals surface area contributed by atoms with Gasteiger partial charge in [-0.2, -0.15) is 4.79 Å². The maximum atomic E-state index is 14.3. The van der Waals surface area contributed by atoms with Gasteiger partial charge in [0, 0.05) is 55.6 Å². The number of ether oxygens (including phenoxy) is 2. The molecular formula is C56H59FN12O8S. The van der Waals surface area contributed by atoms with E-state index in [1.165, 1.54) is 40.2 Å². The fraction of sp³-hybridized carbons (Fsp3) is 0.339. The van der Waals surface area contributed by atoms with E-state index in [1.54, 1.807) is 60.5 Å². The van der Waals surface area contributed by atoms with Gasteiger partial charge in [0.15, 0.2) is 5.69 Å². The number of halogens is 1. The molecule has 0 unspecified atom stereocenters. The molecule has 3 aliphatic rings. The van der Waals surface area contributed by atoms with E-state index in [-0.39, 0.29) is 25.2 Å². The van der Waals surface area contributed by atoms with Gasteiger partial charge in [0.25, 0.3) is 5.91 Å². The lowest BCUT2D eigenvalue weighted by Crippen LogP contribution is -2.57. The number of carbonyl (C=O) groups is 5. The van der Waals surface area contributed by atoms with Crippen LogP contribution >= 0.6 is 11.3 Å². The Balaban J connectivity index is 0.734. The molecule has 1 saturated carbocycles. The second-order valence-corrected chi connectivity index (χ2v) is 21.6. The van der Waals surface area contributed by atoms with Crippen LogP contribution < -0.4 is 40.6 Å². The number of hydrogen-bond donors (Lipinski definition) is 5. The number of piperazine rings is 1. The fourth-order valence-electron chi connectivity index (χ4n) is 9.71. The number of nitrogens with one attached hydrogen (secondary N) is 4. The average Bonchev–Trinajstić information content (AvgIpc) is 3.84. The number of amides is 5. The normalized spacial score (nSPS) is 17.3. The molecule has 3 aromatic heterocycles. The van der Waals surface area contributed by atoms with Crippen molar-refractivity contribution in [3.8, 4) is 27.7 Å². The van der Waals surface area contributed by atoms with E-state index in [4.69, 9.17) is 9.47 Å². The van der Waals surface area contributed by atoms with Crippen molar-refractivity contribution in [1.29, 1.82) is 0 Å². The summed E-state index contributed by atoms with van der Waals surface area (Å²) < 4.78 is 25.6. The zero-order chi connectivity index (χ0) is 54.9. The Morgan fingerprint density at radius 1 is 0.872 bits per heavy atom. The summed E-state index contributed by atoms with van der Waals surface area (Å²) in [4.78, 5) is 83.2. The van der Waals surface area contributed by atoms with Gasteiger partial charge in [0.1, 0.15) is 40.6 Å². The van der Waals surface area contributed by atoms with Gasteiger partial charge in [-0.25, -0.2) is 9.37 Å². The molecule has 2 aliphatic heterocycles. The van der Waals surface area contributed by atoms with Gasteiger partial charge in [0.2, 0.25) is 23.6 Å². The van der Waals surface area contributed by atoms with E-state index in [1.807, 2.05) is 69.1 Å². The second kappa shape index (κ2) is 21.9. The van der Waals surface area contributed by atoms with Crippen LogP contribution in [0.5, 0.6) is 17.2 Å². The zero-order valence-corrected chi connectivity index (χ0v) is 44.5. The standard InChI is InChI=1S/C56H59FN12O8S/c1-33-48(78-32-60-33)35-8-6-34(7-9-35)29-59-51(72)45-26-39(70)30-68(45)52(73)49(55(2,3)4)63-50(71)43-31-69(65-64-43)67-24-22-66(23-25-67)44-28-42-41(27-47(44)76-5)46(18-21-58-42)77-40-16-14-38(15-17-40)62-54(75)56(19-20-56)53(74)61-37-12-10-36(57)11-13-37/h6-18,21,27-28,31-32,39,45,49,70H,19-20,22-26,29-30H2,1-5H3,(H,59,72)(H,61,74)(H,62,75)(H,63,71)/t39-,45+,49-/m1/s1. The molecule has 5 N–H and O–H groups in total. The highest BCUT2D eigenvalue weighted by atomic mass is 32.1. The van der Waals surface area contributed by atoms with Crippen molar-refractivity contribution in [3.05, 3.63) is 132 Å². The first kappa shape index (κ1) is 52.9. The van der Waals surface area contributed by atoms with Gasteiger partial charge in [-0.05, 0) is 108 Å². The molecule has 2 saturated heterocycles. The van der Waals surface area contributed by atoms with Crippen LogP contribution in [0.2, 0.25) is 0 Å². The number of aliphatic hydroxyl groups excluding tert-OH is 1. The molecule has 0 radical (unpaired) electrons. The topological polar surface area (TPSA) is 238 Å². The third kappa shape index (κ3) is 11.3. The smallest absolute Gasteiger partial charge is 0.274 e. The number of nitrogens with zero attached hydrogens (tertiary/aromatic N) is 8. The average molecular weight is 1080 g/mol.